The summed E-state index contributed by atoms with van der Waals surface area (Å²) in [6, 6.07) is 11.6. The molecule has 1 fully saturated rings. The van der Waals surface area contributed by atoms with Crippen LogP contribution in [0.2, 0.25) is 0 Å². The van der Waals surface area contributed by atoms with Crippen LogP contribution in [0, 0.1) is 6.92 Å². The first-order chi connectivity index (χ1) is 18.7. The number of hydrogen-bond donors (Lipinski definition) is 1. The van der Waals surface area contributed by atoms with E-state index in [1.165, 1.54) is 26.4 Å². The maximum atomic E-state index is 13.4. The van der Waals surface area contributed by atoms with Crippen LogP contribution >= 0.6 is 11.3 Å². The molecule has 0 aliphatic carbocycles. The minimum absolute atomic E-state index is 0.0797. The maximum Gasteiger partial charge on any atom is 0.350 e. The molecule has 11 heteroatoms. The van der Waals surface area contributed by atoms with Crippen LogP contribution in [0.3, 0.4) is 0 Å². The summed E-state index contributed by atoms with van der Waals surface area (Å²) in [5.41, 5.74) is 1.12. The molecule has 2 heterocycles. The molecule has 3 aromatic rings. The monoisotopic (exact) mass is 550 g/mol. The van der Waals surface area contributed by atoms with Gasteiger partial charge in [0.1, 0.15) is 16.4 Å². The summed E-state index contributed by atoms with van der Waals surface area (Å²) >= 11 is 0.895. The molecule has 1 aliphatic heterocycles. The first kappa shape index (κ1) is 27.5. The fraction of sp³-hybridized carbons (Fsp3) is 0.250. The minimum Gasteiger partial charge on any atom is -0.507 e. The molecule has 0 radical (unpaired) electrons. The van der Waals surface area contributed by atoms with Gasteiger partial charge in [-0.05, 0) is 43.2 Å². The third-order valence-corrected chi connectivity index (χ3v) is 7.17. The number of Topliss-reactive ketones (excluding diaryl/α,β-unsaturated/α-hetero) is 1. The van der Waals surface area contributed by atoms with Crippen LogP contribution in [0.25, 0.3) is 5.76 Å². The van der Waals surface area contributed by atoms with Gasteiger partial charge in [0.25, 0.3) is 5.78 Å². The van der Waals surface area contributed by atoms with Crippen molar-refractivity contribution in [1.82, 2.24) is 4.98 Å². The third-order valence-electron chi connectivity index (χ3n) is 6.03. The van der Waals surface area contributed by atoms with Crippen molar-refractivity contribution in [2.75, 3.05) is 25.7 Å². The molecular formula is C28H26N2O8S. The number of anilines is 1. The Kier molecular flexibility index (Phi) is 8.10. The number of amides is 1. The number of carbonyl (C=O) groups is 4. The van der Waals surface area contributed by atoms with Crippen LogP contribution < -0.4 is 9.64 Å². The van der Waals surface area contributed by atoms with Gasteiger partial charge < -0.3 is 19.3 Å². The molecule has 1 N–H and O–H groups in total. The van der Waals surface area contributed by atoms with Gasteiger partial charge in [-0.1, -0.05) is 42.5 Å². The number of aliphatic hydroxyl groups excluding tert-OH is 1. The molecule has 0 saturated carbocycles. The Bertz CT molecular complexity index is 1470. The van der Waals surface area contributed by atoms with Gasteiger partial charge in [-0.15, -0.1) is 0 Å². The van der Waals surface area contributed by atoms with Gasteiger partial charge in [-0.25, -0.2) is 14.6 Å². The average Bonchev–Trinajstić information content (AvgIpc) is 3.47. The van der Waals surface area contributed by atoms with Crippen LogP contribution in [0.1, 0.15) is 56.2 Å². The lowest BCUT2D eigenvalue weighted by Crippen LogP contribution is -2.29. The Morgan fingerprint density at radius 3 is 2.36 bits per heavy atom. The number of ether oxygens (including phenoxy) is 3. The average molecular weight is 551 g/mol. The zero-order valence-corrected chi connectivity index (χ0v) is 22.5. The highest BCUT2D eigenvalue weighted by molar-refractivity contribution is 7.17. The van der Waals surface area contributed by atoms with Crippen molar-refractivity contribution in [2.24, 2.45) is 0 Å². The zero-order chi connectivity index (χ0) is 28.3. The van der Waals surface area contributed by atoms with E-state index in [4.69, 9.17) is 14.2 Å². The van der Waals surface area contributed by atoms with Gasteiger partial charge in [0, 0.05) is 5.56 Å². The third kappa shape index (κ3) is 5.26. The van der Waals surface area contributed by atoms with Crippen molar-refractivity contribution >= 4 is 45.9 Å². The number of benzene rings is 2. The molecule has 1 amide bonds. The quantitative estimate of drug-likeness (QED) is 0.187. The van der Waals surface area contributed by atoms with E-state index in [-0.39, 0.29) is 26.7 Å². The van der Waals surface area contributed by atoms with Crippen LogP contribution in [0.4, 0.5) is 5.13 Å². The number of aryl methyl sites for hydroxylation is 1. The number of nitrogens with zero attached hydrogens (tertiary/aromatic N) is 2. The zero-order valence-electron chi connectivity index (χ0n) is 21.7. The fourth-order valence-electron chi connectivity index (χ4n) is 4.14. The number of methoxy groups -OCH3 is 2. The minimum atomic E-state index is -1.10. The summed E-state index contributed by atoms with van der Waals surface area (Å²) in [5.74, 6) is -2.95. The molecule has 1 unspecified atom stereocenters. The molecule has 1 saturated heterocycles. The van der Waals surface area contributed by atoms with E-state index in [1.807, 2.05) is 6.92 Å². The second-order valence-corrected chi connectivity index (χ2v) is 9.54. The molecule has 0 spiro atoms. The number of aliphatic hydroxyl groups is 1. The molecule has 0 bridgehead atoms. The summed E-state index contributed by atoms with van der Waals surface area (Å²) in [6.07, 6.45) is 0.781. The van der Waals surface area contributed by atoms with Crippen molar-refractivity contribution in [3.05, 3.63) is 81.4 Å². The summed E-state index contributed by atoms with van der Waals surface area (Å²) in [7, 11) is 2.49. The lowest BCUT2D eigenvalue weighted by molar-refractivity contribution is -0.132. The molecule has 202 valence electrons. The van der Waals surface area contributed by atoms with Gasteiger partial charge in [0.15, 0.2) is 5.13 Å². The van der Waals surface area contributed by atoms with E-state index in [0.717, 1.165) is 22.7 Å². The molecular weight excluding hydrogens is 524 g/mol. The summed E-state index contributed by atoms with van der Waals surface area (Å²) in [5, 5.41) is 11.5. The summed E-state index contributed by atoms with van der Waals surface area (Å²) < 4.78 is 15.2. The van der Waals surface area contributed by atoms with E-state index >= 15 is 0 Å². The first-order valence-electron chi connectivity index (χ1n) is 12.0. The molecule has 10 nitrogen and oxygen atoms in total. The molecule has 1 aromatic heterocycles. The SMILES string of the molecule is CCCOc1cccc(/C(O)=C2\C(=O)C(=O)N(c3nc(C)c(C(=O)OC)s3)C2c2ccc(C(=O)OC)cc2)c1. The van der Waals surface area contributed by atoms with E-state index in [9.17, 15) is 24.3 Å². The van der Waals surface area contributed by atoms with Gasteiger partial charge >= 0.3 is 17.8 Å². The lowest BCUT2D eigenvalue weighted by Gasteiger charge is -2.23. The fourth-order valence-corrected chi connectivity index (χ4v) is 5.15. The number of aromatic nitrogens is 1. The highest BCUT2D eigenvalue weighted by Gasteiger charge is 2.48. The smallest absolute Gasteiger partial charge is 0.350 e. The Hall–Kier alpha value is -4.51. The summed E-state index contributed by atoms with van der Waals surface area (Å²) in [4.78, 5) is 56.7. The number of thiazole rings is 1. The topological polar surface area (TPSA) is 132 Å². The summed E-state index contributed by atoms with van der Waals surface area (Å²) in [6.45, 7) is 4.01. The number of ketones is 1. The number of esters is 2. The Morgan fingerprint density at radius 1 is 1.03 bits per heavy atom. The van der Waals surface area contributed by atoms with Gasteiger partial charge in [-0.3, -0.25) is 14.5 Å². The predicted molar refractivity (Wildman–Crippen MR) is 143 cm³/mol. The van der Waals surface area contributed by atoms with E-state index in [2.05, 4.69) is 4.98 Å². The second-order valence-electron chi connectivity index (χ2n) is 8.56. The Labute approximate surface area is 228 Å². The Morgan fingerprint density at radius 2 is 1.72 bits per heavy atom. The lowest BCUT2D eigenvalue weighted by atomic mass is 9.94. The molecule has 2 aromatic carbocycles. The van der Waals surface area contributed by atoms with Gasteiger partial charge in [0.05, 0.1) is 43.7 Å². The van der Waals surface area contributed by atoms with Crippen LogP contribution in [0.5, 0.6) is 5.75 Å². The highest BCUT2D eigenvalue weighted by atomic mass is 32.1. The molecule has 39 heavy (non-hydrogen) atoms. The van der Waals surface area contributed by atoms with E-state index in [1.54, 1.807) is 43.3 Å². The van der Waals surface area contributed by atoms with E-state index < -0.39 is 35.4 Å². The number of hydrogen-bond acceptors (Lipinski definition) is 10. The Balaban J connectivity index is 1.89. The van der Waals surface area contributed by atoms with Crippen LogP contribution in [-0.4, -0.2) is 54.5 Å². The van der Waals surface area contributed by atoms with Crippen molar-refractivity contribution < 1.29 is 38.5 Å². The van der Waals surface area contributed by atoms with Crippen molar-refractivity contribution in [3.63, 3.8) is 0 Å². The van der Waals surface area contributed by atoms with E-state index in [0.29, 0.717) is 23.6 Å². The highest BCUT2D eigenvalue weighted by Crippen LogP contribution is 2.44. The number of rotatable bonds is 8. The van der Waals surface area contributed by atoms with Crippen LogP contribution in [0.15, 0.2) is 54.1 Å². The molecule has 4 rings (SSSR count). The first-order valence-corrected chi connectivity index (χ1v) is 12.8. The van der Waals surface area contributed by atoms with Crippen molar-refractivity contribution in [3.8, 4) is 5.75 Å². The van der Waals surface area contributed by atoms with Crippen LogP contribution in [-0.2, 0) is 19.1 Å². The predicted octanol–water partition coefficient (Wildman–Crippen LogP) is 4.44. The number of carbonyl (C=O) groups excluding carboxylic acids is 4. The van der Waals surface area contributed by atoms with Gasteiger partial charge in [-0.2, -0.15) is 0 Å². The standard InChI is InChI=1S/C28H26N2O8S/c1-5-13-38-19-8-6-7-18(14-19)22(31)20-21(16-9-11-17(12-10-16)26(34)36-3)30(25(33)23(20)32)28-29-15(2)24(39-28)27(35)37-4/h6-12,14,21,31H,5,13H2,1-4H3/b22-20+. The van der Waals surface area contributed by atoms with Gasteiger partial charge in [0.2, 0.25) is 0 Å². The van der Waals surface area contributed by atoms with Crippen molar-refractivity contribution in [1.29, 1.82) is 0 Å². The maximum absolute atomic E-state index is 13.4. The van der Waals surface area contributed by atoms with Crippen molar-refractivity contribution in [2.45, 2.75) is 26.3 Å². The molecule has 1 aliphatic rings. The second kappa shape index (κ2) is 11.5. The normalized spacial score (nSPS) is 16.3. The largest absolute Gasteiger partial charge is 0.507 e. The molecule has 1 atom stereocenters.